The van der Waals surface area contributed by atoms with E-state index < -0.39 is 11.7 Å². The highest BCUT2D eigenvalue weighted by molar-refractivity contribution is 5.87. The molecule has 5 heteroatoms. The number of nitrogens with one attached hydrogen (secondary N) is 2. The van der Waals surface area contributed by atoms with E-state index in [0.29, 0.717) is 17.5 Å². The molecule has 1 unspecified atom stereocenters. The number of hydrogen-bond donors (Lipinski definition) is 2. The lowest BCUT2D eigenvalue weighted by molar-refractivity contribution is 0.0635. The monoisotopic (exact) mass is 320 g/mol. The lowest BCUT2D eigenvalue weighted by Crippen LogP contribution is -2.35. The molecule has 1 amide bonds. The molecule has 1 aromatic carbocycles. The van der Waals surface area contributed by atoms with E-state index in [1.807, 2.05) is 32.9 Å². The second-order valence-corrected chi connectivity index (χ2v) is 7.01. The van der Waals surface area contributed by atoms with Crippen LogP contribution >= 0.6 is 0 Å². The first-order valence-corrected chi connectivity index (χ1v) is 8.28. The minimum absolute atomic E-state index is 0.469. The Morgan fingerprint density at radius 2 is 2.13 bits per heavy atom. The molecule has 2 rings (SSSR count). The highest BCUT2D eigenvalue weighted by atomic mass is 16.6. The van der Waals surface area contributed by atoms with E-state index in [1.165, 1.54) is 24.8 Å². The minimum Gasteiger partial charge on any atom is -0.495 e. The molecule has 1 fully saturated rings. The maximum absolute atomic E-state index is 12.0. The highest BCUT2D eigenvalue weighted by Gasteiger charge is 2.18. The second-order valence-electron chi connectivity index (χ2n) is 7.01. The topological polar surface area (TPSA) is 59.6 Å². The van der Waals surface area contributed by atoms with Crippen molar-refractivity contribution in [1.29, 1.82) is 0 Å². The van der Waals surface area contributed by atoms with E-state index in [1.54, 1.807) is 7.11 Å². The third-order valence-electron chi connectivity index (χ3n) is 3.79. The normalized spacial score (nSPS) is 18.3. The van der Waals surface area contributed by atoms with Crippen molar-refractivity contribution in [2.75, 3.05) is 19.0 Å². The van der Waals surface area contributed by atoms with Crippen molar-refractivity contribution in [3.05, 3.63) is 23.8 Å². The summed E-state index contributed by atoms with van der Waals surface area (Å²) >= 11 is 0. The number of methoxy groups -OCH3 is 1. The van der Waals surface area contributed by atoms with Crippen molar-refractivity contribution >= 4 is 11.8 Å². The highest BCUT2D eigenvalue weighted by Crippen LogP contribution is 2.27. The van der Waals surface area contributed by atoms with Gasteiger partial charge in [0.25, 0.3) is 0 Å². The van der Waals surface area contributed by atoms with Crippen molar-refractivity contribution < 1.29 is 14.3 Å². The third kappa shape index (κ3) is 5.75. The Kier molecular flexibility index (Phi) is 5.88. The molecule has 1 aliphatic rings. The van der Waals surface area contributed by atoms with Crippen LogP contribution in [0.5, 0.6) is 5.75 Å². The third-order valence-corrected chi connectivity index (χ3v) is 3.79. The van der Waals surface area contributed by atoms with E-state index in [2.05, 4.69) is 16.7 Å². The van der Waals surface area contributed by atoms with Gasteiger partial charge in [0.15, 0.2) is 0 Å². The standard InChI is InChI=1S/C18H28N2O3/c1-18(2,3)23-17(21)20-15-12-13(8-9-16(15)22-4)11-14-7-5-6-10-19-14/h8-9,12,14,19H,5-7,10-11H2,1-4H3,(H,20,21). The number of rotatable bonds is 4. The predicted octanol–water partition coefficient (Wildman–Crippen LogP) is 3.73. The summed E-state index contributed by atoms with van der Waals surface area (Å²) in [5.41, 5.74) is 1.30. The van der Waals surface area contributed by atoms with E-state index in [0.717, 1.165) is 13.0 Å². The Morgan fingerprint density at radius 1 is 1.35 bits per heavy atom. The number of hydrogen-bond acceptors (Lipinski definition) is 4. The molecular formula is C18H28N2O3. The Labute approximate surface area is 138 Å². The largest absolute Gasteiger partial charge is 0.495 e. The lowest BCUT2D eigenvalue weighted by atomic mass is 9.97. The maximum Gasteiger partial charge on any atom is 0.412 e. The van der Waals surface area contributed by atoms with Gasteiger partial charge in [-0.3, -0.25) is 5.32 Å². The van der Waals surface area contributed by atoms with Crippen LogP contribution in [0.25, 0.3) is 0 Å². The van der Waals surface area contributed by atoms with Crippen molar-refractivity contribution in [3.8, 4) is 5.75 Å². The molecule has 0 saturated carbocycles. The van der Waals surface area contributed by atoms with Gasteiger partial charge < -0.3 is 14.8 Å². The summed E-state index contributed by atoms with van der Waals surface area (Å²) in [6.07, 6.45) is 4.21. The van der Waals surface area contributed by atoms with Crippen molar-refractivity contribution in [3.63, 3.8) is 0 Å². The van der Waals surface area contributed by atoms with Crippen LogP contribution in [0.4, 0.5) is 10.5 Å². The molecule has 1 aliphatic heterocycles. The summed E-state index contributed by atoms with van der Waals surface area (Å²) in [5, 5.41) is 6.33. The van der Waals surface area contributed by atoms with Gasteiger partial charge in [0.2, 0.25) is 0 Å². The predicted molar refractivity (Wildman–Crippen MR) is 92.2 cm³/mol. The zero-order valence-corrected chi connectivity index (χ0v) is 14.6. The molecule has 23 heavy (non-hydrogen) atoms. The fraction of sp³-hybridized carbons (Fsp3) is 0.611. The fourth-order valence-electron chi connectivity index (χ4n) is 2.78. The number of ether oxygens (including phenoxy) is 2. The summed E-state index contributed by atoms with van der Waals surface area (Å²) < 4.78 is 10.6. The second kappa shape index (κ2) is 7.68. The smallest absolute Gasteiger partial charge is 0.412 e. The SMILES string of the molecule is COc1ccc(CC2CCCCN2)cc1NC(=O)OC(C)(C)C. The number of amides is 1. The van der Waals surface area contributed by atoms with Crippen LogP contribution in [0.2, 0.25) is 0 Å². The quantitative estimate of drug-likeness (QED) is 0.887. The van der Waals surface area contributed by atoms with Gasteiger partial charge in [0.05, 0.1) is 12.8 Å². The molecule has 1 atom stereocenters. The number of benzene rings is 1. The molecule has 0 aromatic heterocycles. The fourth-order valence-corrected chi connectivity index (χ4v) is 2.78. The summed E-state index contributed by atoms with van der Waals surface area (Å²) in [6.45, 7) is 6.61. The Balaban J connectivity index is 2.07. The number of carbonyl (C=O) groups is 1. The van der Waals surface area contributed by atoms with Crippen molar-refractivity contribution in [1.82, 2.24) is 5.32 Å². The number of carbonyl (C=O) groups excluding carboxylic acids is 1. The van der Waals surface area contributed by atoms with Crippen LogP contribution in [0.15, 0.2) is 18.2 Å². The van der Waals surface area contributed by atoms with E-state index in [-0.39, 0.29) is 0 Å². The molecule has 128 valence electrons. The van der Waals surface area contributed by atoms with E-state index in [4.69, 9.17) is 9.47 Å². The van der Waals surface area contributed by atoms with Gasteiger partial charge in [-0.05, 0) is 64.3 Å². The molecule has 2 N–H and O–H groups in total. The average Bonchev–Trinajstić information content (AvgIpc) is 2.46. The first kappa shape index (κ1) is 17.6. The van der Waals surface area contributed by atoms with E-state index in [9.17, 15) is 4.79 Å². The average molecular weight is 320 g/mol. The summed E-state index contributed by atoms with van der Waals surface area (Å²) in [6, 6.07) is 6.42. The number of anilines is 1. The van der Waals surface area contributed by atoms with Gasteiger partial charge in [-0.15, -0.1) is 0 Å². The molecule has 0 aliphatic carbocycles. The summed E-state index contributed by atoms with van der Waals surface area (Å²) in [4.78, 5) is 12.0. The minimum atomic E-state index is -0.527. The molecule has 1 saturated heterocycles. The molecule has 5 nitrogen and oxygen atoms in total. The molecule has 1 heterocycles. The van der Waals surface area contributed by atoms with Crippen LogP contribution in [0, 0.1) is 0 Å². The summed E-state index contributed by atoms with van der Waals surface area (Å²) in [7, 11) is 1.60. The van der Waals surface area contributed by atoms with Gasteiger partial charge in [-0.1, -0.05) is 12.5 Å². The summed E-state index contributed by atoms with van der Waals surface area (Å²) in [5.74, 6) is 0.635. The van der Waals surface area contributed by atoms with E-state index >= 15 is 0 Å². The van der Waals surface area contributed by atoms with Gasteiger partial charge in [0, 0.05) is 6.04 Å². The Hall–Kier alpha value is -1.75. The van der Waals surface area contributed by atoms with Gasteiger partial charge in [0.1, 0.15) is 11.4 Å². The Morgan fingerprint density at radius 3 is 2.74 bits per heavy atom. The molecule has 0 spiro atoms. The van der Waals surface area contributed by atoms with Gasteiger partial charge in [-0.2, -0.15) is 0 Å². The molecular weight excluding hydrogens is 292 g/mol. The van der Waals surface area contributed by atoms with Crippen LogP contribution in [-0.2, 0) is 11.2 Å². The van der Waals surface area contributed by atoms with Crippen molar-refractivity contribution in [2.45, 2.75) is 58.1 Å². The van der Waals surface area contributed by atoms with Crippen LogP contribution < -0.4 is 15.4 Å². The van der Waals surface area contributed by atoms with Crippen molar-refractivity contribution in [2.24, 2.45) is 0 Å². The maximum atomic E-state index is 12.0. The van der Waals surface area contributed by atoms with Crippen LogP contribution in [0.3, 0.4) is 0 Å². The first-order valence-electron chi connectivity index (χ1n) is 8.28. The zero-order chi connectivity index (χ0) is 16.9. The zero-order valence-electron chi connectivity index (χ0n) is 14.6. The molecule has 0 radical (unpaired) electrons. The van der Waals surface area contributed by atoms with Gasteiger partial charge in [-0.25, -0.2) is 4.79 Å². The molecule has 0 bridgehead atoms. The first-order chi connectivity index (χ1) is 10.9. The lowest BCUT2D eigenvalue weighted by Gasteiger charge is -2.24. The molecule has 1 aromatic rings. The van der Waals surface area contributed by atoms with Crippen LogP contribution in [0.1, 0.15) is 45.6 Å². The Bertz CT molecular complexity index is 532. The van der Waals surface area contributed by atoms with Crippen LogP contribution in [-0.4, -0.2) is 31.4 Å². The number of piperidine rings is 1. The van der Waals surface area contributed by atoms with Gasteiger partial charge >= 0.3 is 6.09 Å².